The average Bonchev–Trinajstić information content (AvgIpc) is 3.33. The van der Waals surface area contributed by atoms with Gasteiger partial charge in [0.25, 0.3) is 7.82 Å². The molecule has 0 aliphatic rings. The SMILES string of the molecule is CC/C=C\C/C=C\C/C=C\C/C=C\C/C=C\CCCCCCCCCCCCCCCCCC(=O)OC(COC(=O)CCCCCCC/C=C\CCCCCCCCC)COP(=O)([O-])OCC[N+](C)(C)C. The lowest BCUT2D eigenvalue weighted by molar-refractivity contribution is -0.870. The van der Waals surface area contributed by atoms with Crippen LogP contribution < -0.4 is 4.89 Å². The standard InChI is InChI=1S/C61H110NO8P/c1-6-8-10-12-14-16-18-20-22-24-25-26-27-28-29-30-31-32-33-34-35-36-37-38-40-42-44-46-48-50-52-54-61(64)70-59(58-69-71(65,66)68-56-55-62(3,4)5)57-67-60(63)53-51-49-47-45-43-41-39-23-21-19-17-15-13-11-9-7-2/h8,10,14,16,20,22-23,25-26,28-29,39,59H,6-7,9,11-13,15,17-19,21,24,27,30-38,40-58H2,1-5H3/b10-8-,16-14-,22-20-,26-25-,29-28-,39-23-. The molecule has 0 rings (SSSR count). The van der Waals surface area contributed by atoms with Gasteiger partial charge in [0.2, 0.25) is 0 Å². The second-order valence-electron chi connectivity index (χ2n) is 20.6. The molecular formula is C61H110NO8P. The third-order valence-electron chi connectivity index (χ3n) is 12.5. The number of rotatable bonds is 53. The van der Waals surface area contributed by atoms with Gasteiger partial charge in [0.1, 0.15) is 19.8 Å². The normalized spacial score (nSPS) is 13.8. The average molecular weight is 1020 g/mol. The summed E-state index contributed by atoms with van der Waals surface area (Å²) in [7, 11) is 1.16. The summed E-state index contributed by atoms with van der Waals surface area (Å²) in [5.41, 5.74) is 0. The van der Waals surface area contributed by atoms with Crippen LogP contribution in [0.5, 0.6) is 0 Å². The topological polar surface area (TPSA) is 111 Å². The highest BCUT2D eigenvalue weighted by atomic mass is 31.2. The van der Waals surface area contributed by atoms with E-state index in [0.717, 1.165) is 89.9 Å². The summed E-state index contributed by atoms with van der Waals surface area (Å²) in [6.45, 7) is 4.13. The Morgan fingerprint density at radius 3 is 1.21 bits per heavy atom. The number of quaternary nitrogens is 1. The molecule has 0 N–H and O–H groups in total. The molecule has 0 saturated carbocycles. The maximum absolute atomic E-state index is 12.8. The molecule has 412 valence electrons. The van der Waals surface area contributed by atoms with Crippen molar-refractivity contribution in [2.75, 3.05) is 47.5 Å². The fraction of sp³-hybridized carbons (Fsp3) is 0.770. The summed E-state index contributed by atoms with van der Waals surface area (Å²) in [6.07, 6.45) is 68.1. The number of carbonyl (C=O) groups excluding carboxylic acids is 2. The van der Waals surface area contributed by atoms with E-state index in [2.05, 4.69) is 86.8 Å². The van der Waals surface area contributed by atoms with Crippen molar-refractivity contribution in [1.29, 1.82) is 0 Å². The first-order valence-electron chi connectivity index (χ1n) is 29.1. The van der Waals surface area contributed by atoms with Crippen LogP contribution in [-0.4, -0.2) is 70.0 Å². The van der Waals surface area contributed by atoms with Crippen LogP contribution in [0.2, 0.25) is 0 Å². The molecule has 0 radical (unpaired) electrons. The third-order valence-corrected chi connectivity index (χ3v) is 13.4. The molecule has 0 aromatic carbocycles. The summed E-state index contributed by atoms with van der Waals surface area (Å²) < 4.78 is 34.1. The first-order chi connectivity index (χ1) is 34.5. The van der Waals surface area contributed by atoms with Crippen LogP contribution in [0.4, 0.5) is 0 Å². The molecule has 0 aromatic rings. The third kappa shape index (κ3) is 56.6. The molecule has 2 atom stereocenters. The molecule has 71 heavy (non-hydrogen) atoms. The summed E-state index contributed by atoms with van der Waals surface area (Å²) in [4.78, 5) is 37.8. The molecule has 0 amide bonds. The fourth-order valence-corrected chi connectivity index (χ4v) is 8.70. The number of carbonyl (C=O) groups is 2. The van der Waals surface area contributed by atoms with Gasteiger partial charge >= 0.3 is 11.9 Å². The second kappa shape index (κ2) is 52.3. The minimum Gasteiger partial charge on any atom is -0.756 e. The van der Waals surface area contributed by atoms with Gasteiger partial charge in [-0.2, -0.15) is 0 Å². The van der Waals surface area contributed by atoms with Gasteiger partial charge in [-0.15, -0.1) is 0 Å². The predicted molar refractivity (Wildman–Crippen MR) is 300 cm³/mol. The van der Waals surface area contributed by atoms with Crippen molar-refractivity contribution in [3.8, 4) is 0 Å². The fourth-order valence-electron chi connectivity index (χ4n) is 7.97. The Morgan fingerprint density at radius 2 is 0.803 bits per heavy atom. The molecule has 0 aliphatic carbocycles. The van der Waals surface area contributed by atoms with E-state index >= 15 is 0 Å². The molecule has 0 fully saturated rings. The first-order valence-corrected chi connectivity index (χ1v) is 30.6. The van der Waals surface area contributed by atoms with Crippen molar-refractivity contribution in [2.24, 2.45) is 0 Å². The number of unbranched alkanes of at least 4 members (excludes halogenated alkanes) is 27. The number of hydrogen-bond donors (Lipinski definition) is 0. The zero-order chi connectivity index (χ0) is 52.0. The maximum atomic E-state index is 12.8. The summed E-state index contributed by atoms with van der Waals surface area (Å²) in [5.74, 6) is -0.839. The summed E-state index contributed by atoms with van der Waals surface area (Å²) in [6, 6.07) is 0. The number of esters is 2. The number of likely N-dealkylation sites (N-methyl/N-ethyl adjacent to an activating group) is 1. The van der Waals surface area contributed by atoms with Crippen LogP contribution >= 0.6 is 7.82 Å². The molecule has 2 unspecified atom stereocenters. The Balaban J connectivity index is 4.10. The smallest absolute Gasteiger partial charge is 0.306 e. The van der Waals surface area contributed by atoms with E-state index in [9.17, 15) is 19.0 Å². The Kier molecular flexibility index (Phi) is 50.4. The Morgan fingerprint density at radius 1 is 0.451 bits per heavy atom. The number of hydrogen-bond acceptors (Lipinski definition) is 8. The van der Waals surface area contributed by atoms with Gasteiger partial charge in [-0.3, -0.25) is 14.2 Å². The Hall–Kier alpha value is -2.55. The van der Waals surface area contributed by atoms with Crippen LogP contribution in [-0.2, 0) is 32.7 Å². The van der Waals surface area contributed by atoms with Gasteiger partial charge in [0.15, 0.2) is 6.10 Å². The lowest BCUT2D eigenvalue weighted by Crippen LogP contribution is -2.37. The van der Waals surface area contributed by atoms with Crippen LogP contribution in [0.15, 0.2) is 72.9 Å². The van der Waals surface area contributed by atoms with E-state index in [4.69, 9.17) is 18.5 Å². The Labute approximate surface area is 438 Å². The molecule has 0 saturated heterocycles. The number of ether oxygens (including phenoxy) is 2. The largest absolute Gasteiger partial charge is 0.756 e. The zero-order valence-electron chi connectivity index (χ0n) is 46.7. The van der Waals surface area contributed by atoms with E-state index in [0.29, 0.717) is 17.4 Å². The minimum atomic E-state index is -4.64. The zero-order valence-corrected chi connectivity index (χ0v) is 47.6. The van der Waals surface area contributed by atoms with E-state index in [1.54, 1.807) is 0 Å². The lowest BCUT2D eigenvalue weighted by atomic mass is 10.0. The van der Waals surface area contributed by atoms with Crippen LogP contribution in [0.1, 0.15) is 251 Å². The van der Waals surface area contributed by atoms with Crippen molar-refractivity contribution >= 4 is 19.8 Å². The van der Waals surface area contributed by atoms with Crippen LogP contribution in [0.3, 0.4) is 0 Å². The minimum absolute atomic E-state index is 0.0333. The highest BCUT2D eigenvalue weighted by molar-refractivity contribution is 7.45. The van der Waals surface area contributed by atoms with Crippen molar-refractivity contribution in [1.82, 2.24) is 0 Å². The quantitative estimate of drug-likeness (QED) is 0.0195. The second-order valence-corrected chi connectivity index (χ2v) is 22.0. The van der Waals surface area contributed by atoms with E-state index in [1.165, 1.54) is 128 Å². The van der Waals surface area contributed by atoms with Gasteiger partial charge < -0.3 is 27.9 Å². The molecule has 9 nitrogen and oxygen atoms in total. The number of allylic oxidation sites excluding steroid dienone is 12. The number of phosphoric ester groups is 1. The van der Waals surface area contributed by atoms with Crippen LogP contribution in [0.25, 0.3) is 0 Å². The number of nitrogens with zero attached hydrogens (tertiary/aromatic N) is 1. The van der Waals surface area contributed by atoms with E-state index in [1.807, 2.05) is 21.1 Å². The predicted octanol–water partition coefficient (Wildman–Crippen LogP) is 17.5. The molecule has 10 heteroatoms. The number of phosphoric acid groups is 1. The Bertz CT molecular complexity index is 1430. The summed E-state index contributed by atoms with van der Waals surface area (Å²) in [5, 5.41) is 0. The van der Waals surface area contributed by atoms with Crippen LogP contribution in [0, 0.1) is 0 Å². The van der Waals surface area contributed by atoms with Crippen molar-refractivity contribution in [2.45, 2.75) is 258 Å². The van der Waals surface area contributed by atoms with E-state index in [-0.39, 0.29) is 32.0 Å². The van der Waals surface area contributed by atoms with Gasteiger partial charge in [-0.05, 0) is 83.5 Å². The molecule has 0 spiro atoms. The van der Waals surface area contributed by atoms with Gasteiger partial charge in [0, 0.05) is 12.8 Å². The van der Waals surface area contributed by atoms with Crippen molar-refractivity contribution in [3.05, 3.63) is 72.9 Å². The molecule has 0 bridgehead atoms. The monoisotopic (exact) mass is 1020 g/mol. The molecular weight excluding hydrogens is 906 g/mol. The summed E-state index contributed by atoms with van der Waals surface area (Å²) >= 11 is 0. The van der Waals surface area contributed by atoms with Gasteiger partial charge in [-0.1, -0.05) is 228 Å². The van der Waals surface area contributed by atoms with Gasteiger partial charge in [0.05, 0.1) is 27.7 Å². The van der Waals surface area contributed by atoms with Crippen molar-refractivity contribution in [3.63, 3.8) is 0 Å². The molecule has 0 heterocycles. The highest BCUT2D eigenvalue weighted by Gasteiger charge is 2.22. The lowest BCUT2D eigenvalue weighted by Gasteiger charge is -2.28. The molecule has 0 aliphatic heterocycles. The highest BCUT2D eigenvalue weighted by Crippen LogP contribution is 2.38. The van der Waals surface area contributed by atoms with Gasteiger partial charge in [-0.25, -0.2) is 0 Å². The van der Waals surface area contributed by atoms with E-state index < -0.39 is 26.5 Å². The van der Waals surface area contributed by atoms with Crippen molar-refractivity contribution < 1.29 is 42.1 Å². The molecule has 0 aromatic heterocycles. The first kappa shape index (κ1) is 68.5. The maximum Gasteiger partial charge on any atom is 0.306 e.